The maximum Gasteiger partial charge on any atom is 0.210 e. The van der Waals surface area contributed by atoms with Crippen LogP contribution in [0.4, 0.5) is 5.69 Å². The summed E-state index contributed by atoms with van der Waals surface area (Å²) >= 11 is 6.71. The second kappa shape index (κ2) is 5.66. The zero-order valence-corrected chi connectivity index (χ0v) is 14.1. The number of rotatable bonds is 3. The molecule has 0 aliphatic carbocycles. The highest BCUT2D eigenvalue weighted by molar-refractivity contribution is 7.73. The van der Waals surface area contributed by atoms with Crippen molar-refractivity contribution in [1.82, 2.24) is 4.57 Å². The van der Waals surface area contributed by atoms with Crippen molar-refractivity contribution in [2.45, 2.75) is 20.4 Å². The number of aryl methyl sites for hydroxylation is 1. The zero-order chi connectivity index (χ0) is 15.9. The summed E-state index contributed by atoms with van der Waals surface area (Å²) in [4.78, 5) is 5.34. The summed E-state index contributed by atoms with van der Waals surface area (Å²) in [6, 6.07) is 6.21. The Hall–Kier alpha value is -1.98. The van der Waals surface area contributed by atoms with Crippen LogP contribution in [-0.4, -0.2) is 15.4 Å². The van der Waals surface area contributed by atoms with Crippen molar-refractivity contribution in [2.24, 2.45) is 4.99 Å². The largest absolute Gasteiger partial charge is 0.493 e. The van der Waals surface area contributed by atoms with Gasteiger partial charge in [0.15, 0.2) is 3.95 Å². The van der Waals surface area contributed by atoms with E-state index in [-0.39, 0.29) is 5.88 Å². The molecule has 1 aliphatic heterocycles. The van der Waals surface area contributed by atoms with Crippen molar-refractivity contribution in [3.8, 4) is 5.88 Å². The highest BCUT2D eigenvalue weighted by Gasteiger charge is 2.19. The van der Waals surface area contributed by atoms with Gasteiger partial charge in [0.2, 0.25) is 5.88 Å². The molecule has 1 aliphatic rings. The Morgan fingerprint density at radius 2 is 2.18 bits per heavy atom. The van der Waals surface area contributed by atoms with Crippen LogP contribution in [0, 0.1) is 10.9 Å². The van der Waals surface area contributed by atoms with E-state index in [0.29, 0.717) is 10.5 Å². The summed E-state index contributed by atoms with van der Waals surface area (Å²) < 4.78 is 2.32. The molecule has 0 spiro atoms. The van der Waals surface area contributed by atoms with Gasteiger partial charge in [0.25, 0.3) is 0 Å². The fraction of sp³-hybridized carbons (Fsp3) is 0.176. The molecule has 2 aromatic rings. The van der Waals surface area contributed by atoms with Crippen molar-refractivity contribution >= 4 is 46.6 Å². The van der Waals surface area contributed by atoms with Gasteiger partial charge in [-0.2, -0.15) is 0 Å². The molecule has 3 rings (SSSR count). The molecule has 0 saturated carbocycles. The van der Waals surface area contributed by atoms with E-state index in [0.717, 1.165) is 27.4 Å². The number of hydrogen-bond donors (Lipinski definition) is 1. The van der Waals surface area contributed by atoms with Crippen LogP contribution in [-0.2, 0) is 6.54 Å². The molecule has 0 amide bonds. The first-order chi connectivity index (χ1) is 10.5. The number of allylic oxidation sites excluding steroid dienone is 2. The number of thiazole rings is 1. The highest BCUT2D eigenvalue weighted by Crippen LogP contribution is 2.38. The topological polar surface area (TPSA) is 37.5 Å². The monoisotopic (exact) mass is 328 g/mol. The minimum Gasteiger partial charge on any atom is -0.493 e. The molecule has 1 N–H and O–H groups in total. The smallest absolute Gasteiger partial charge is 0.210 e. The lowest BCUT2D eigenvalue weighted by Gasteiger charge is -2.03. The van der Waals surface area contributed by atoms with E-state index in [4.69, 9.17) is 12.2 Å². The SMILES string of the molecule is C=CCn1c(O)c(/C=C2/C(C)=Nc3ccc(C)cc32)sc1=S. The Bertz CT molecular complexity index is 885. The molecule has 0 atom stereocenters. The molecular formula is C17H16N2OS2. The van der Waals surface area contributed by atoms with Gasteiger partial charge in [-0.15, -0.1) is 17.9 Å². The van der Waals surface area contributed by atoms with Crippen molar-refractivity contribution < 1.29 is 5.11 Å². The van der Waals surface area contributed by atoms with Gasteiger partial charge in [-0.05, 0) is 44.3 Å². The summed E-state index contributed by atoms with van der Waals surface area (Å²) in [5.74, 6) is 0.191. The lowest BCUT2D eigenvalue weighted by Crippen LogP contribution is -1.93. The average molecular weight is 328 g/mol. The van der Waals surface area contributed by atoms with Gasteiger partial charge in [-0.3, -0.25) is 9.56 Å². The summed E-state index contributed by atoms with van der Waals surface area (Å²) in [5.41, 5.74) is 5.26. The first kappa shape index (κ1) is 14.9. The standard InChI is InChI=1S/C17H16N2OS2/c1-4-7-19-16(20)15(22-17(19)21)9-12-11(3)18-14-6-5-10(2)8-13(12)14/h4-6,8-9,20H,1,7H2,2-3H3/b12-9-. The third kappa shape index (κ3) is 2.46. The highest BCUT2D eigenvalue weighted by atomic mass is 32.1. The second-order valence-corrected chi connectivity index (χ2v) is 6.91. The van der Waals surface area contributed by atoms with E-state index < -0.39 is 0 Å². The minimum absolute atomic E-state index is 0.191. The second-order valence-electron chi connectivity index (χ2n) is 5.23. The summed E-state index contributed by atoms with van der Waals surface area (Å²) in [6.07, 6.45) is 3.69. The van der Waals surface area contributed by atoms with E-state index >= 15 is 0 Å². The number of benzene rings is 1. The van der Waals surface area contributed by atoms with Crippen LogP contribution in [0.25, 0.3) is 11.6 Å². The van der Waals surface area contributed by atoms with E-state index in [1.54, 1.807) is 10.6 Å². The van der Waals surface area contributed by atoms with Crippen molar-refractivity contribution in [3.05, 3.63) is 50.8 Å². The number of aromatic hydroxyl groups is 1. The summed E-state index contributed by atoms with van der Waals surface area (Å²) in [5, 5.41) is 10.4. The molecule has 5 heteroatoms. The Kier molecular flexibility index (Phi) is 3.85. The molecule has 1 aromatic heterocycles. The third-order valence-electron chi connectivity index (χ3n) is 3.60. The first-order valence-electron chi connectivity index (χ1n) is 6.93. The molecule has 112 valence electrons. The molecule has 0 bridgehead atoms. The van der Waals surface area contributed by atoms with Crippen LogP contribution in [0.2, 0.25) is 0 Å². The van der Waals surface area contributed by atoms with Crippen molar-refractivity contribution in [1.29, 1.82) is 0 Å². The van der Waals surface area contributed by atoms with E-state index in [2.05, 4.69) is 30.6 Å². The maximum atomic E-state index is 10.4. The third-order valence-corrected chi connectivity index (χ3v) is 4.99. The molecule has 1 aromatic carbocycles. The van der Waals surface area contributed by atoms with E-state index in [1.165, 1.54) is 16.9 Å². The molecule has 0 fully saturated rings. The van der Waals surface area contributed by atoms with Crippen LogP contribution in [0.3, 0.4) is 0 Å². The summed E-state index contributed by atoms with van der Waals surface area (Å²) in [7, 11) is 0. The van der Waals surface area contributed by atoms with Gasteiger partial charge >= 0.3 is 0 Å². The Morgan fingerprint density at radius 3 is 2.91 bits per heavy atom. The van der Waals surface area contributed by atoms with Gasteiger partial charge in [0.1, 0.15) is 0 Å². The fourth-order valence-corrected chi connectivity index (χ4v) is 3.78. The quantitative estimate of drug-likeness (QED) is 0.627. The normalized spacial score (nSPS) is 15.0. The molecule has 2 heterocycles. The van der Waals surface area contributed by atoms with Crippen molar-refractivity contribution in [3.63, 3.8) is 0 Å². The number of nitrogens with zero attached hydrogens (tertiary/aromatic N) is 2. The average Bonchev–Trinajstić information content (AvgIpc) is 2.92. The lowest BCUT2D eigenvalue weighted by molar-refractivity contribution is 0.424. The summed E-state index contributed by atoms with van der Waals surface area (Å²) in [6.45, 7) is 8.25. The van der Waals surface area contributed by atoms with Crippen molar-refractivity contribution in [2.75, 3.05) is 0 Å². The number of fused-ring (bicyclic) bond motifs is 1. The molecule has 0 radical (unpaired) electrons. The lowest BCUT2D eigenvalue weighted by atomic mass is 10.0. The van der Waals surface area contributed by atoms with Crippen LogP contribution in [0.15, 0.2) is 35.8 Å². The predicted molar refractivity (Wildman–Crippen MR) is 96.8 cm³/mol. The Morgan fingerprint density at radius 1 is 1.41 bits per heavy atom. The van der Waals surface area contributed by atoms with Crippen LogP contribution >= 0.6 is 23.6 Å². The first-order valence-corrected chi connectivity index (χ1v) is 8.15. The predicted octanol–water partition coefficient (Wildman–Crippen LogP) is 5.13. The molecule has 0 saturated heterocycles. The minimum atomic E-state index is 0.191. The van der Waals surface area contributed by atoms with Gasteiger partial charge in [0.05, 0.1) is 10.6 Å². The Balaban J connectivity index is 2.13. The van der Waals surface area contributed by atoms with Crippen LogP contribution in [0.5, 0.6) is 5.88 Å². The molecule has 22 heavy (non-hydrogen) atoms. The van der Waals surface area contributed by atoms with Gasteiger partial charge < -0.3 is 5.11 Å². The maximum absolute atomic E-state index is 10.4. The van der Waals surface area contributed by atoms with Gasteiger partial charge in [-0.25, -0.2) is 0 Å². The molecule has 3 nitrogen and oxygen atoms in total. The van der Waals surface area contributed by atoms with E-state index in [9.17, 15) is 5.11 Å². The van der Waals surface area contributed by atoms with Crippen LogP contribution < -0.4 is 0 Å². The molecular weight excluding hydrogens is 312 g/mol. The number of aliphatic imine (C=N–C) groups is 1. The number of aromatic nitrogens is 1. The molecule has 0 unspecified atom stereocenters. The van der Waals surface area contributed by atoms with Gasteiger partial charge in [0, 0.05) is 23.4 Å². The fourth-order valence-electron chi connectivity index (χ4n) is 2.51. The van der Waals surface area contributed by atoms with Gasteiger partial charge in [-0.1, -0.05) is 17.7 Å². The van der Waals surface area contributed by atoms with Crippen LogP contribution in [0.1, 0.15) is 22.9 Å². The Labute approximate surface area is 138 Å². The van der Waals surface area contributed by atoms with E-state index in [1.807, 2.05) is 19.1 Å². The zero-order valence-electron chi connectivity index (χ0n) is 12.5. The number of hydrogen-bond acceptors (Lipinski definition) is 4.